The van der Waals surface area contributed by atoms with Gasteiger partial charge in [0.05, 0.1) is 29.1 Å². The molecule has 1 aromatic heterocycles. The molecule has 10 heteroatoms. The third-order valence-electron chi connectivity index (χ3n) is 6.84. The first-order valence-corrected chi connectivity index (χ1v) is 14.1. The minimum atomic E-state index is -0.486. The molecule has 1 fully saturated rings. The first-order chi connectivity index (χ1) is 19.2. The number of rotatable bonds is 13. The Morgan fingerprint density at radius 3 is 2.70 bits per heavy atom. The van der Waals surface area contributed by atoms with Crippen LogP contribution >= 0.6 is 11.6 Å². The van der Waals surface area contributed by atoms with Crippen molar-refractivity contribution in [3.05, 3.63) is 70.6 Å². The summed E-state index contributed by atoms with van der Waals surface area (Å²) in [5, 5.41) is 7.64. The van der Waals surface area contributed by atoms with Crippen LogP contribution in [0.5, 0.6) is 5.75 Å². The smallest absolute Gasteiger partial charge is 0.323 e. The Morgan fingerprint density at radius 2 is 1.98 bits per heavy atom. The van der Waals surface area contributed by atoms with Crippen molar-refractivity contribution in [2.75, 3.05) is 18.9 Å². The fourth-order valence-corrected chi connectivity index (χ4v) is 5.03. The molecular formula is C30H36ClFN4O4. The highest BCUT2D eigenvalue weighted by atomic mass is 35.5. The minimum absolute atomic E-state index is 0.0488. The van der Waals surface area contributed by atoms with E-state index in [0.717, 1.165) is 31.7 Å². The molecule has 0 saturated heterocycles. The van der Waals surface area contributed by atoms with Crippen LogP contribution < -0.4 is 15.8 Å². The van der Waals surface area contributed by atoms with Crippen LogP contribution in [0.2, 0.25) is 5.02 Å². The lowest BCUT2D eigenvalue weighted by atomic mass is 10.0. The summed E-state index contributed by atoms with van der Waals surface area (Å²) in [7, 11) is 0. The number of esters is 1. The summed E-state index contributed by atoms with van der Waals surface area (Å²) in [6.07, 6.45) is 6.93. The Kier molecular flexibility index (Phi) is 10.2. The van der Waals surface area contributed by atoms with E-state index in [-0.39, 0.29) is 40.3 Å². The van der Waals surface area contributed by atoms with Crippen molar-refractivity contribution < 1.29 is 23.5 Å². The molecule has 8 nitrogen and oxygen atoms in total. The SMILES string of the molecule is CC(C)C[C@H](NCCCOc1cccc(C(=O)c2cnn(-c3ccc(F)cc3Cl)c2N)c1)C(=O)OC1CCCC1. The number of halogens is 2. The van der Waals surface area contributed by atoms with E-state index in [9.17, 15) is 14.0 Å². The summed E-state index contributed by atoms with van der Waals surface area (Å²) in [4.78, 5) is 25.9. The molecular weight excluding hydrogens is 535 g/mol. The molecule has 1 aliphatic rings. The molecule has 1 aliphatic carbocycles. The molecule has 1 saturated carbocycles. The maximum Gasteiger partial charge on any atom is 0.323 e. The fraction of sp³-hybridized carbons (Fsp3) is 0.433. The molecule has 3 N–H and O–H groups in total. The Balaban J connectivity index is 1.31. The summed E-state index contributed by atoms with van der Waals surface area (Å²) in [6, 6.07) is 10.3. The lowest BCUT2D eigenvalue weighted by Crippen LogP contribution is -2.41. The normalized spacial score (nSPS) is 14.4. The molecule has 0 aliphatic heterocycles. The molecule has 3 aromatic rings. The number of nitrogens with two attached hydrogens (primary N) is 1. The number of carbonyl (C=O) groups is 2. The number of benzene rings is 2. The van der Waals surface area contributed by atoms with Gasteiger partial charge in [-0.25, -0.2) is 9.07 Å². The topological polar surface area (TPSA) is 108 Å². The molecule has 0 unspecified atom stereocenters. The fourth-order valence-electron chi connectivity index (χ4n) is 4.79. The van der Waals surface area contributed by atoms with E-state index in [1.54, 1.807) is 24.3 Å². The molecule has 214 valence electrons. The van der Waals surface area contributed by atoms with Gasteiger partial charge in [0, 0.05) is 5.56 Å². The third-order valence-corrected chi connectivity index (χ3v) is 7.15. The summed E-state index contributed by atoms with van der Waals surface area (Å²) < 4.78 is 26.3. The van der Waals surface area contributed by atoms with Crippen molar-refractivity contribution in [1.29, 1.82) is 0 Å². The predicted octanol–water partition coefficient (Wildman–Crippen LogP) is 5.74. The second-order valence-corrected chi connectivity index (χ2v) is 10.9. The first-order valence-electron chi connectivity index (χ1n) is 13.7. The van der Waals surface area contributed by atoms with E-state index < -0.39 is 5.82 Å². The Bertz CT molecular complexity index is 1320. The molecule has 0 spiro atoms. The first kappa shape index (κ1) is 29.6. The van der Waals surface area contributed by atoms with Crippen LogP contribution in [0.4, 0.5) is 10.2 Å². The highest BCUT2D eigenvalue weighted by molar-refractivity contribution is 6.32. The van der Waals surface area contributed by atoms with Gasteiger partial charge in [-0.05, 0) is 81.3 Å². The van der Waals surface area contributed by atoms with Gasteiger partial charge in [-0.3, -0.25) is 9.59 Å². The van der Waals surface area contributed by atoms with Gasteiger partial charge in [0.15, 0.2) is 5.78 Å². The van der Waals surface area contributed by atoms with Crippen LogP contribution in [0.15, 0.2) is 48.7 Å². The maximum absolute atomic E-state index is 13.4. The highest BCUT2D eigenvalue weighted by Gasteiger charge is 2.26. The number of ether oxygens (including phenoxy) is 2. The maximum atomic E-state index is 13.4. The molecule has 0 bridgehead atoms. The number of ketones is 1. The van der Waals surface area contributed by atoms with Crippen LogP contribution in [0, 0.1) is 11.7 Å². The van der Waals surface area contributed by atoms with Gasteiger partial charge >= 0.3 is 5.97 Å². The number of hydrogen-bond acceptors (Lipinski definition) is 7. The number of nitrogens with zero attached hydrogens (tertiary/aromatic N) is 2. The molecule has 4 rings (SSSR count). The Labute approximate surface area is 239 Å². The number of hydrogen-bond donors (Lipinski definition) is 2. The molecule has 0 amide bonds. The number of aromatic nitrogens is 2. The number of carbonyl (C=O) groups excluding carboxylic acids is 2. The van der Waals surface area contributed by atoms with Gasteiger partial charge in [0.2, 0.25) is 0 Å². The van der Waals surface area contributed by atoms with E-state index >= 15 is 0 Å². The van der Waals surface area contributed by atoms with Gasteiger partial charge in [-0.2, -0.15) is 5.10 Å². The standard InChI is InChI=1S/C30H36ClFN4O4/c1-19(2)15-26(30(38)40-22-8-3-4-9-22)34-13-6-14-39-23-10-5-7-20(16-23)28(37)24-18-35-36(29(24)33)27-12-11-21(32)17-25(27)31/h5,7,10-12,16-19,22,26,34H,3-4,6,8-9,13-15,33H2,1-2H3/t26-/m0/s1. The van der Waals surface area contributed by atoms with Gasteiger partial charge in [0.1, 0.15) is 29.5 Å². The second kappa shape index (κ2) is 13.8. The largest absolute Gasteiger partial charge is 0.494 e. The lowest BCUT2D eigenvalue weighted by molar-refractivity contribution is -0.151. The summed E-state index contributed by atoms with van der Waals surface area (Å²) in [5.74, 6) is 0.0130. The summed E-state index contributed by atoms with van der Waals surface area (Å²) in [6.45, 7) is 5.17. The quantitative estimate of drug-likeness (QED) is 0.153. The summed E-state index contributed by atoms with van der Waals surface area (Å²) in [5.41, 5.74) is 7.16. The molecule has 2 aromatic carbocycles. The van der Waals surface area contributed by atoms with Crippen LogP contribution in [0.25, 0.3) is 5.69 Å². The van der Waals surface area contributed by atoms with Crippen molar-refractivity contribution in [2.45, 2.75) is 64.5 Å². The van der Waals surface area contributed by atoms with Gasteiger partial charge < -0.3 is 20.5 Å². The van der Waals surface area contributed by atoms with Crippen molar-refractivity contribution in [3.63, 3.8) is 0 Å². The van der Waals surface area contributed by atoms with E-state index in [0.29, 0.717) is 48.9 Å². The predicted molar refractivity (Wildman–Crippen MR) is 153 cm³/mol. The number of anilines is 1. The average Bonchev–Trinajstić information content (AvgIpc) is 3.57. The van der Waals surface area contributed by atoms with Crippen molar-refractivity contribution in [2.24, 2.45) is 5.92 Å². The monoisotopic (exact) mass is 570 g/mol. The van der Waals surface area contributed by atoms with Gasteiger partial charge in [-0.15, -0.1) is 0 Å². The number of nitrogen functional groups attached to an aromatic ring is 1. The number of nitrogens with one attached hydrogen (secondary N) is 1. The lowest BCUT2D eigenvalue weighted by Gasteiger charge is -2.21. The van der Waals surface area contributed by atoms with Gasteiger partial charge in [0.25, 0.3) is 0 Å². The van der Waals surface area contributed by atoms with Crippen LogP contribution in [0.3, 0.4) is 0 Å². The zero-order valence-electron chi connectivity index (χ0n) is 22.9. The minimum Gasteiger partial charge on any atom is -0.494 e. The molecule has 1 atom stereocenters. The second-order valence-electron chi connectivity index (χ2n) is 10.5. The summed E-state index contributed by atoms with van der Waals surface area (Å²) >= 11 is 6.14. The molecule has 0 radical (unpaired) electrons. The van der Waals surface area contributed by atoms with Crippen molar-refractivity contribution in [3.8, 4) is 11.4 Å². The zero-order valence-corrected chi connectivity index (χ0v) is 23.6. The molecule has 40 heavy (non-hydrogen) atoms. The highest BCUT2D eigenvalue weighted by Crippen LogP contribution is 2.27. The average molecular weight is 571 g/mol. The van der Waals surface area contributed by atoms with Crippen molar-refractivity contribution >= 4 is 29.2 Å². The van der Waals surface area contributed by atoms with E-state index in [1.807, 2.05) is 0 Å². The zero-order chi connectivity index (χ0) is 28.6. The van der Waals surface area contributed by atoms with Crippen LogP contribution in [-0.4, -0.2) is 46.8 Å². The van der Waals surface area contributed by atoms with Gasteiger partial charge in [-0.1, -0.05) is 37.6 Å². The van der Waals surface area contributed by atoms with Crippen LogP contribution in [0.1, 0.15) is 68.3 Å². The van der Waals surface area contributed by atoms with Crippen LogP contribution in [-0.2, 0) is 9.53 Å². The van der Waals surface area contributed by atoms with E-state index in [2.05, 4.69) is 24.3 Å². The van der Waals surface area contributed by atoms with E-state index in [4.69, 9.17) is 26.8 Å². The third kappa shape index (κ3) is 7.61. The van der Waals surface area contributed by atoms with Crippen molar-refractivity contribution in [1.82, 2.24) is 15.1 Å². The Hall–Kier alpha value is -3.43. The van der Waals surface area contributed by atoms with E-state index in [1.165, 1.54) is 23.0 Å². The Morgan fingerprint density at radius 1 is 1.20 bits per heavy atom. The molecule has 1 heterocycles.